The Morgan fingerprint density at radius 2 is 2.14 bits per heavy atom. The van der Waals surface area contributed by atoms with Gasteiger partial charge >= 0.3 is 5.97 Å². The van der Waals surface area contributed by atoms with Crippen molar-refractivity contribution in [1.82, 2.24) is 0 Å². The third-order valence-corrected chi connectivity index (χ3v) is 2.30. The predicted octanol–water partition coefficient (Wildman–Crippen LogP) is 2.67. The summed E-state index contributed by atoms with van der Waals surface area (Å²) >= 11 is 0. The van der Waals surface area contributed by atoms with Gasteiger partial charge in [0.25, 0.3) is 0 Å². The van der Waals surface area contributed by atoms with Gasteiger partial charge in [-0.25, -0.2) is 0 Å². The van der Waals surface area contributed by atoms with Crippen LogP contribution < -0.4 is 4.74 Å². The lowest BCUT2D eigenvalue weighted by atomic mass is 10.1. The Hall–Kier alpha value is -1.31. The van der Waals surface area contributed by atoms with Gasteiger partial charge in [-0.05, 0) is 48.9 Å². The van der Waals surface area contributed by atoms with Crippen LogP contribution in [0, 0.1) is 6.92 Å². The fourth-order valence-electron chi connectivity index (χ4n) is 1.56. The second kappa shape index (κ2) is 3.45. The molecule has 0 unspecified atom stereocenters. The monoisotopic (exact) mass is 189 g/mol. The third kappa shape index (κ3) is 2.13. The maximum absolute atomic E-state index is 10.8. The summed E-state index contributed by atoms with van der Waals surface area (Å²) in [7, 11) is 0. The molecule has 0 amide bonds. The molecule has 1 aliphatic carbocycles. The summed E-state index contributed by atoms with van der Waals surface area (Å²) in [6, 6.07) is 5.78. The first-order chi connectivity index (χ1) is 6.65. The Kier molecular flexibility index (Phi) is 2.28. The van der Waals surface area contributed by atoms with Gasteiger partial charge < -0.3 is 4.74 Å². The number of esters is 1. The summed E-state index contributed by atoms with van der Waals surface area (Å²) in [5.41, 5.74) is 2.15. The molecule has 0 saturated heterocycles. The molecule has 1 aromatic carbocycles. The molecule has 0 bridgehead atoms. The van der Waals surface area contributed by atoms with E-state index < -0.39 is 0 Å². The molecular formula is C12H13O2. The van der Waals surface area contributed by atoms with Crippen LogP contribution in [0.1, 0.15) is 36.8 Å². The number of carbonyl (C=O) groups is 1. The number of hydrogen-bond donors (Lipinski definition) is 0. The van der Waals surface area contributed by atoms with Crippen LogP contribution in [0.4, 0.5) is 0 Å². The molecule has 1 radical (unpaired) electrons. The molecule has 2 heteroatoms. The van der Waals surface area contributed by atoms with E-state index in [1.165, 1.54) is 25.3 Å². The summed E-state index contributed by atoms with van der Waals surface area (Å²) in [6.45, 7) is 5.28. The van der Waals surface area contributed by atoms with E-state index in [1.54, 1.807) is 6.07 Å². The van der Waals surface area contributed by atoms with Crippen LogP contribution in [0.5, 0.6) is 5.75 Å². The highest BCUT2D eigenvalue weighted by atomic mass is 16.5. The molecule has 1 aliphatic rings. The Balaban J connectivity index is 2.26. The fourth-order valence-corrected chi connectivity index (χ4v) is 1.56. The maximum atomic E-state index is 10.8. The molecule has 0 aromatic heterocycles. The lowest BCUT2D eigenvalue weighted by Crippen LogP contribution is -2.01. The molecule has 1 fully saturated rings. The SMILES string of the molecule is [CH2]c1cc(OC(C)=O)cc(C2CC2)c1. The van der Waals surface area contributed by atoms with Crippen molar-refractivity contribution in [2.24, 2.45) is 0 Å². The number of rotatable bonds is 2. The van der Waals surface area contributed by atoms with Crippen molar-refractivity contribution < 1.29 is 9.53 Å². The van der Waals surface area contributed by atoms with Crippen LogP contribution in [-0.4, -0.2) is 5.97 Å². The quantitative estimate of drug-likeness (QED) is 0.528. The van der Waals surface area contributed by atoms with Gasteiger partial charge in [-0.3, -0.25) is 4.79 Å². The van der Waals surface area contributed by atoms with E-state index in [2.05, 4.69) is 13.0 Å². The van der Waals surface area contributed by atoms with Crippen molar-refractivity contribution in [1.29, 1.82) is 0 Å². The zero-order valence-corrected chi connectivity index (χ0v) is 8.25. The Bertz CT molecular complexity index is 365. The molecule has 0 heterocycles. The van der Waals surface area contributed by atoms with E-state index in [9.17, 15) is 4.79 Å². The molecule has 0 atom stereocenters. The van der Waals surface area contributed by atoms with Gasteiger partial charge in [-0.1, -0.05) is 6.07 Å². The topological polar surface area (TPSA) is 26.3 Å². The summed E-state index contributed by atoms with van der Waals surface area (Å²) < 4.78 is 5.03. The van der Waals surface area contributed by atoms with Crippen LogP contribution in [0.25, 0.3) is 0 Å². The van der Waals surface area contributed by atoms with Crippen molar-refractivity contribution in [2.45, 2.75) is 25.7 Å². The van der Waals surface area contributed by atoms with Crippen molar-refractivity contribution in [3.8, 4) is 5.75 Å². The maximum Gasteiger partial charge on any atom is 0.308 e. The van der Waals surface area contributed by atoms with Crippen LogP contribution in [-0.2, 0) is 4.79 Å². The zero-order valence-electron chi connectivity index (χ0n) is 8.25. The van der Waals surface area contributed by atoms with Gasteiger partial charge in [-0.15, -0.1) is 0 Å². The second-order valence-corrected chi connectivity index (χ2v) is 3.78. The van der Waals surface area contributed by atoms with Crippen molar-refractivity contribution >= 4 is 5.97 Å². The average molecular weight is 189 g/mol. The van der Waals surface area contributed by atoms with Gasteiger partial charge in [0.05, 0.1) is 0 Å². The molecule has 2 nitrogen and oxygen atoms in total. The van der Waals surface area contributed by atoms with Crippen LogP contribution in [0.3, 0.4) is 0 Å². The first-order valence-corrected chi connectivity index (χ1v) is 4.80. The minimum atomic E-state index is -0.280. The molecular weight excluding hydrogens is 176 g/mol. The fraction of sp³-hybridized carbons (Fsp3) is 0.333. The van der Waals surface area contributed by atoms with E-state index >= 15 is 0 Å². The highest BCUT2D eigenvalue weighted by Crippen LogP contribution is 2.41. The standard InChI is InChI=1S/C12H13O2/c1-8-5-11(10-3-4-10)7-12(6-8)14-9(2)13/h5-7,10H,1,3-4H2,2H3. The normalized spacial score (nSPS) is 15.3. The summed E-state index contributed by atoms with van der Waals surface area (Å²) in [5.74, 6) is 0.996. The molecule has 2 rings (SSSR count). The number of ether oxygens (including phenoxy) is 1. The smallest absolute Gasteiger partial charge is 0.308 e. The highest BCUT2D eigenvalue weighted by molar-refractivity contribution is 5.69. The zero-order chi connectivity index (χ0) is 10.1. The Morgan fingerprint density at radius 3 is 2.71 bits per heavy atom. The Morgan fingerprint density at radius 1 is 1.43 bits per heavy atom. The summed E-state index contributed by atoms with van der Waals surface area (Å²) in [4.78, 5) is 10.8. The third-order valence-electron chi connectivity index (χ3n) is 2.30. The van der Waals surface area contributed by atoms with Gasteiger partial charge in [0, 0.05) is 6.92 Å². The number of hydrogen-bond acceptors (Lipinski definition) is 2. The van der Waals surface area contributed by atoms with Crippen molar-refractivity contribution in [2.75, 3.05) is 0 Å². The molecule has 73 valence electrons. The van der Waals surface area contributed by atoms with Crippen LogP contribution in [0.15, 0.2) is 18.2 Å². The van der Waals surface area contributed by atoms with E-state index in [0.29, 0.717) is 11.7 Å². The molecule has 14 heavy (non-hydrogen) atoms. The van der Waals surface area contributed by atoms with Crippen molar-refractivity contribution in [3.63, 3.8) is 0 Å². The van der Waals surface area contributed by atoms with Gasteiger partial charge in [-0.2, -0.15) is 0 Å². The molecule has 1 saturated carbocycles. The van der Waals surface area contributed by atoms with Gasteiger partial charge in [0.2, 0.25) is 0 Å². The van der Waals surface area contributed by atoms with E-state index in [-0.39, 0.29) is 5.97 Å². The van der Waals surface area contributed by atoms with E-state index in [4.69, 9.17) is 4.74 Å². The summed E-state index contributed by atoms with van der Waals surface area (Å²) in [5, 5.41) is 0. The minimum absolute atomic E-state index is 0.280. The van der Waals surface area contributed by atoms with Crippen molar-refractivity contribution in [3.05, 3.63) is 36.2 Å². The predicted molar refractivity (Wildman–Crippen MR) is 54.2 cm³/mol. The summed E-state index contributed by atoms with van der Waals surface area (Å²) in [6.07, 6.45) is 2.48. The number of benzene rings is 1. The Labute approximate surface area is 83.9 Å². The van der Waals surface area contributed by atoms with E-state index in [1.807, 2.05) is 6.07 Å². The molecule has 0 aliphatic heterocycles. The second-order valence-electron chi connectivity index (χ2n) is 3.78. The van der Waals surface area contributed by atoms with Gasteiger partial charge in [0.15, 0.2) is 0 Å². The van der Waals surface area contributed by atoms with E-state index in [0.717, 1.165) is 5.56 Å². The van der Waals surface area contributed by atoms with Crippen LogP contribution >= 0.6 is 0 Å². The number of carbonyl (C=O) groups excluding carboxylic acids is 1. The molecule has 0 N–H and O–H groups in total. The van der Waals surface area contributed by atoms with Crippen LogP contribution in [0.2, 0.25) is 0 Å². The highest BCUT2D eigenvalue weighted by Gasteiger charge is 2.24. The average Bonchev–Trinajstić information content (AvgIpc) is 2.82. The van der Waals surface area contributed by atoms with Gasteiger partial charge in [0.1, 0.15) is 5.75 Å². The lowest BCUT2D eigenvalue weighted by molar-refractivity contribution is -0.131. The molecule has 1 aromatic rings. The largest absolute Gasteiger partial charge is 0.427 e. The minimum Gasteiger partial charge on any atom is -0.427 e. The first kappa shape index (κ1) is 9.25. The first-order valence-electron chi connectivity index (χ1n) is 4.80. The lowest BCUT2D eigenvalue weighted by Gasteiger charge is -2.05. The molecule has 0 spiro atoms.